The Bertz CT molecular complexity index is 797. The highest BCUT2D eigenvalue weighted by Gasteiger charge is 2.08. The third kappa shape index (κ3) is 6.22. The van der Waals surface area contributed by atoms with Crippen LogP contribution >= 0.6 is 0 Å². The third-order valence-electron chi connectivity index (χ3n) is 3.69. The summed E-state index contributed by atoms with van der Waals surface area (Å²) in [6, 6.07) is 13.6. The first-order valence-corrected chi connectivity index (χ1v) is 8.20. The van der Waals surface area contributed by atoms with E-state index in [2.05, 4.69) is 15.8 Å². The van der Waals surface area contributed by atoms with Crippen LogP contribution in [0.2, 0.25) is 0 Å². The van der Waals surface area contributed by atoms with E-state index in [9.17, 15) is 9.59 Å². The van der Waals surface area contributed by atoms with Crippen LogP contribution in [-0.2, 0) is 9.59 Å². The second-order valence-electron chi connectivity index (χ2n) is 6.07. The fourth-order valence-corrected chi connectivity index (χ4v) is 2.30. The fourth-order valence-electron chi connectivity index (χ4n) is 2.30. The Kier molecular flexibility index (Phi) is 6.46. The lowest BCUT2D eigenvalue weighted by Gasteiger charge is -2.09. The van der Waals surface area contributed by atoms with E-state index in [1.807, 2.05) is 63.2 Å². The number of carbonyl (C=O) groups excluding carboxylic acids is 2. The van der Waals surface area contributed by atoms with Crippen LogP contribution in [0, 0.1) is 20.8 Å². The van der Waals surface area contributed by atoms with E-state index in [1.54, 1.807) is 6.21 Å². The van der Waals surface area contributed by atoms with Crippen molar-refractivity contribution < 1.29 is 9.59 Å². The van der Waals surface area contributed by atoms with Gasteiger partial charge in [-0.1, -0.05) is 42.0 Å². The van der Waals surface area contributed by atoms with Gasteiger partial charge in [-0.15, -0.1) is 0 Å². The first-order chi connectivity index (χ1) is 11.9. The van der Waals surface area contributed by atoms with Gasteiger partial charge in [0.05, 0.1) is 6.21 Å². The van der Waals surface area contributed by atoms with Crippen LogP contribution < -0.4 is 10.7 Å². The molecule has 25 heavy (non-hydrogen) atoms. The molecular formula is C20H23N3O2. The minimum atomic E-state index is -0.292. The predicted octanol–water partition coefficient (Wildman–Crippen LogP) is 3.48. The molecule has 0 unspecified atom stereocenters. The lowest BCUT2D eigenvalue weighted by Crippen LogP contribution is -2.20. The third-order valence-corrected chi connectivity index (χ3v) is 3.69. The van der Waals surface area contributed by atoms with E-state index in [0.29, 0.717) is 0 Å². The fraction of sp³-hybridized carbons (Fsp3) is 0.250. The molecule has 5 nitrogen and oxygen atoms in total. The highest BCUT2D eigenvalue weighted by molar-refractivity contribution is 5.94. The molecule has 0 aliphatic rings. The quantitative estimate of drug-likeness (QED) is 0.626. The van der Waals surface area contributed by atoms with Crippen LogP contribution in [0.15, 0.2) is 47.6 Å². The highest BCUT2D eigenvalue weighted by Crippen LogP contribution is 2.16. The number of rotatable bonds is 6. The molecule has 0 saturated carbocycles. The maximum Gasteiger partial charge on any atom is 0.240 e. The number of nitrogens with one attached hydrogen (secondary N) is 2. The van der Waals surface area contributed by atoms with Gasteiger partial charge in [0.2, 0.25) is 11.8 Å². The van der Waals surface area contributed by atoms with Crippen molar-refractivity contribution in [2.24, 2.45) is 5.10 Å². The Hall–Kier alpha value is -2.95. The van der Waals surface area contributed by atoms with E-state index in [0.717, 1.165) is 27.9 Å². The molecule has 2 aromatic carbocycles. The lowest BCUT2D eigenvalue weighted by atomic mass is 10.1. The summed E-state index contributed by atoms with van der Waals surface area (Å²) in [5.41, 5.74) is 7.32. The molecule has 0 radical (unpaired) electrons. The zero-order valence-electron chi connectivity index (χ0n) is 14.8. The molecule has 130 valence electrons. The number of nitrogens with zero attached hydrogens (tertiary/aromatic N) is 1. The maximum atomic E-state index is 12.0. The SMILES string of the molecule is Cc1cccc(/C=N/NC(=O)CCC(=O)Nc2cc(C)ccc2C)c1. The molecule has 0 heterocycles. The van der Waals surface area contributed by atoms with Gasteiger partial charge in [0.1, 0.15) is 0 Å². The van der Waals surface area contributed by atoms with E-state index in [1.165, 1.54) is 0 Å². The van der Waals surface area contributed by atoms with Crippen LogP contribution in [0.4, 0.5) is 5.69 Å². The van der Waals surface area contributed by atoms with Gasteiger partial charge in [0.25, 0.3) is 0 Å². The first kappa shape index (κ1) is 18.4. The molecule has 5 heteroatoms. The van der Waals surface area contributed by atoms with Crippen molar-refractivity contribution in [3.05, 3.63) is 64.7 Å². The Labute approximate surface area is 148 Å². The summed E-state index contributed by atoms with van der Waals surface area (Å²) in [7, 11) is 0. The number of hydrogen-bond acceptors (Lipinski definition) is 3. The average Bonchev–Trinajstić information content (AvgIpc) is 2.56. The summed E-state index contributed by atoms with van der Waals surface area (Å²) < 4.78 is 0. The summed E-state index contributed by atoms with van der Waals surface area (Å²) in [6.45, 7) is 5.89. The second kappa shape index (κ2) is 8.78. The largest absolute Gasteiger partial charge is 0.326 e. The Morgan fingerprint density at radius 3 is 2.44 bits per heavy atom. The Morgan fingerprint density at radius 2 is 1.68 bits per heavy atom. The zero-order chi connectivity index (χ0) is 18.2. The van der Waals surface area contributed by atoms with Gasteiger partial charge in [-0.25, -0.2) is 5.43 Å². The number of aryl methyl sites for hydroxylation is 3. The molecule has 0 aromatic heterocycles. The van der Waals surface area contributed by atoms with E-state index < -0.39 is 0 Å². The van der Waals surface area contributed by atoms with E-state index in [4.69, 9.17) is 0 Å². The van der Waals surface area contributed by atoms with Gasteiger partial charge in [-0.3, -0.25) is 9.59 Å². The van der Waals surface area contributed by atoms with E-state index in [-0.39, 0.29) is 24.7 Å². The molecule has 0 bridgehead atoms. The standard InChI is InChI=1S/C20H23N3O2/c1-14-5-4-6-17(11-14)13-21-23-20(25)10-9-19(24)22-18-12-15(2)7-8-16(18)3/h4-8,11-13H,9-10H2,1-3H3,(H,22,24)(H,23,25)/b21-13+. The Balaban J connectivity index is 1.77. The summed E-state index contributed by atoms with van der Waals surface area (Å²) in [5, 5.41) is 6.75. The zero-order valence-corrected chi connectivity index (χ0v) is 14.8. The smallest absolute Gasteiger partial charge is 0.240 e. The average molecular weight is 337 g/mol. The van der Waals surface area contributed by atoms with Crippen molar-refractivity contribution in [1.82, 2.24) is 5.43 Å². The van der Waals surface area contributed by atoms with Crippen LogP contribution in [0.25, 0.3) is 0 Å². The van der Waals surface area contributed by atoms with Crippen LogP contribution in [0.3, 0.4) is 0 Å². The van der Waals surface area contributed by atoms with Crippen molar-refractivity contribution >= 4 is 23.7 Å². The number of hydrogen-bond donors (Lipinski definition) is 2. The first-order valence-electron chi connectivity index (χ1n) is 8.20. The van der Waals surface area contributed by atoms with Gasteiger partial charge < -0.3 is 5.32 Å². The molecular weight excluding hydrogens is 314 g/mol. The van der Waals surface area contributed by atoms with Crippen LogP contribution in [0.1, 0.15) is 35.1 Å². The molecule has 0 spiro atoms. The van der Waals surface area contributed by atoms with Crippen LogP contribution in [0.5, 0.6) is 0 Å². The molecule has 0 atom stereocenters. The van der Waals surface area contributed by atoms with Gasteiger partial charge in [-0.05, 0) is 43.5 Å². The monoisotopic (exact) mass is 337 g/mol. The number of hydrazone groups is 1. The molecule has 0 aliphatic heterocycles. The highest BCUT2D eigenvalue weighted by atomic mass is 16.2. The van der Waals surface area contributed by atoms with Crippen molar-refractivity contribution in [3.63, 3.8) is 0 Å². The molecule has 0 saturated heterocycles. The summed E-state index contributed by atoms with van der Waals surface area (Å²) in [4.78, 5) is 23.8. The Morgan fingerprint density at radius 1 is 0.960 bits per heavy atom. The maximum absolute atomic E-state index is 12.0. The molecule has 2 aromatic rings. The molecule has 2 N–H and O–H groups in total. The lowest BCUT2D eigenvalue weighted by molar-refractivity contribution is -0.124. The number of benzene rings is 2. The minimum absolute atomic E-state index is 0.0852. The van der Waals surface area contributed by atoms with Crippen molar-refractivity contribution in [2.75, 3.05) is 5.32 Å². The number of carbonyl (C=O) groups is 2. The summed E-state index contributed by atoms with van der Waals surface area (Å²) in [5.74, 6) is -0.480. The van der Waals surface area contributed by atoms with Gasteiger partial charge >= 0.3 is 0 Å². The van der Waals surface area contributed by atoms with E-state index >= 15 is 0 Å². The minimum Gasteiger partial charge on any atom is -0.326 e. The number of amides is 2. The van der Waals surface area contributed by atoms with Crippen molar-refractivity contribution in [1.29, 1.82) is 0 Å². The predicted molar refractivity (Wildman–Crippen MR) is 101 cm³/mol. The van der Waals surface area contributed by atoms with Crippen molar-refractivity contribution in [2.45, 2.75) is 33.6 Å². The molecule has 0 fully saturated rings. The molecule has 2 amide bonds. The topological polar surface area (TPSA) is 70.6 Å². The summed E-state index contributed by atoms with van der Waals surface area (Å²) in [6.07, 6.45) is 1.78. The van der Waals surface area contributed by atoms with Crippen molar-refractivity contribution in [3.8, 4) is 0 Å². The molecule has 2 rings (SSSR count). The number of anilines is 1. The normalized spacial score (nSPS) is 10.7. The van der Waals surface area contributed by atoms with Gasteiger partial charge in [0.15, 0.2) is 0 Å². The summed E-state index contributed by atoms with van der Waals surface area (Å²) >= 11 is 0. The van der Waals surface area contributed by atoms with Crippen LogP contribution in [-0.4, -0.2) is 18.0 Å². The van der Waals surface area contributed by atoms with Gasteiger partial charge in [-0.2, -0.15) is 5.10 Å². The second-order valence-corrected chi connectivity index (χ2v) is 6.07. The van der Waals surface area contributed by atoms with Gasteiger partial charge in [0, 0.05) is 18.5 Å². The molecule has 0 aliphatic carbocycles.